The van der Waals surface area contributed by atoms with Crippen molar-refractivity contribution in [1.82, 2.24) is 4.90 Å². The number of aliphatic hydroxyl groups excluding tert-OH is 3. The summed E-state index contributed by atoms with van der Waals surface area (Å²) >= 11 is 0. The zero-order valence-corrected chi connectivity index (χ0v) is 22.7. The highest BCUT2D eigenvalue weighted by Crippen LogP contribution is 2.34. The molecule has 0 bridgehead atoms. The third-order valence-electron chi connectivity index (χ3n) is 7.65. The van der Waals surface area contributed by atoms with Crippen LogP contribution in [-0.4, -0.2) is 77.6 Å². The lowest BCUT2D eigenvalue weighted by molar-refractivity contribution is -0.256. The highest BCUT2D eigenvalue weighted by Gasteiger charge is 2.55. The average Bonchev–Trinajstić information content (AvgIpc) is 3.23. The van der Waals surface area contributed by atoms with Gasteiger partial charge in [-0.05, 0) is 28.6 Å². The molecule has 1 saturated heterocycles. The minimum absolute atomic E-state index is 0.216. The molecule has 2 aliphatic rings. The van der Waals surface area contributed by atoms with Gasteiger partial charge in [-0.2, -0.15) is 0 Å². The van der Waals surface area contributed by atoms with E-state index >= 15 is 0 Å². The van der Waals surface area contributed by atoms with Crippen LogP contribution in [0.4, 0.5) is 0 Å². The number of rotatable bonds is 9. The van der Waals surface area contributed by atoms with Crippen molar-refractivity contribution in [2.24, 2.45) is 0 Å². The van der Waals surface area contributed by atoms with E-state index in [-0.39, 0.29) is 11.1 Å². The van der Waals surface area contributed by atoms with Crippen LogP contribution in [0.1, 0.15) is 40.5 Å². The molecule has 1 fully saturated rings. The summed E-state index contributed by atoms with van der Waals surface area (Å²) < 4.78 is 13.1. The Hall–Kier alpha value is -3.18. The van der Waals surface area contributed by atoms with Gasteiger partial charge in [0.2, 0.25) is 0 Å². The number of ether oxygens (including phenoxy) is 1. The molecule has 5 atom stereocenters. The summed E-state index contributed by atoms with van der Waals surface area (Å²) in [4.78, 5) is 27.9. The quantitative estimate of drug-likeness (QED) is 0.276. The Kier molecular flexibility index (Phi) is 8.08. The van der Waals surface area contributed by atoms with Gasteiger partial charge in [-0.15, -0.1) is 0 Å². The maximum atomic E-state index is 13.5. The van der Waals surface area contributed by atoms with Crippen LogP contribution in [0.3, 0.4) is 0 Å². The number of carbonyl (C=O) groups is 2. The third kappa shape index (κ3) is 4.86. The number of hydrogen-bond acceptors (Lipinski definition) is 7. The van der Waals surface area contributed by atoms with Crippen LogP contribution in [0, 0.1) is 0 Å². The summed E-state index contributed by atoms with van der Waals surface area (Å²) in [5.74, 6) is -1.18. The number of nitrogens with zero attached hydrogens (tertiary/aromatic N) is 1. The smallest absolute Gasteiger partial charge is 0.262 e. The molecule has 3 aromatic carbocycles. The van der Waals surface area contributed by atoms with E-state index in [1.807, 2.05) is 60.7 Å². The fourth-order valence-corrected chi connectivity index (χ4v) is 9.81. The van der Waals surface area contributed by atoms with Crippen molar-refractivity contribution < 1.29 is 34.1 Å². The summed E-state index contributed by atoms with van der Waals surface area (Å²) in [6.45, 7) is 1.52. The van der Waals surface area contributed by atoms with Crippen molar-refractivity contribution in [2.75, 3.05) is 6.61 Å². The molecule has 5 rings (SSSR count). The van der Waals surface area contributed by atoms with Crippen molar-refractivity contribution in [1.29, 1.82) is 0 Å². The van der Waals surface area contributed by atoms with Crippen LogP contribution in [0.5, 0.6) is 0 Å². The molecule has 204 valence electrons. The fourth-order valence-electron chi connectivity index (χ4n) is 5.61. The first-order valence-electron chi connectivity index (χ1n) is 13.3. The predicted octanol–water partition coefficient (Wildman–Crippen LogP) is 1.67. The van der Waals surface area contributed by atoms with Gasteiger partial charge < -0.3 is 24.5 Å². The number of fused-ring (bicyclic) bond motifs is 1. The second-order valence-corrected chi connectivity index (χ2v) is 13.5. The number of amides is 2. The predicted molar refractivity (Wildman–Crippen MR) is 147 cm³/mol. The SMILES string of the molecule is CCCC[Si](O[C@@H]1O[C@H](CO)[C@@H](O)[C@H](O)[C@H]1N1C(=O)c2ccccc2C1=O)(c1ccccc1)c1ccccc1. The maximum Gasteiger partial charge on any atom is 0.262 e. The van der Waals surface area contributed by atoms with Gasteiger partial charge in [-0.3, -0.25) is 14.5 Å². The Morgan fingerprint density at radius 3 is 1.82 bits per heavy atom. The summed E-state index contributed by atoms with van der Waals surface area (Å²) in [6, 6.07) is 25.4. The van der Waals surface area contributed by atoms with Crippen molar-refractivity contribution in [3.05, 3.63) is 96.1 Å². The first-order chi connectivity index (χ1) is 18.9. The molecule has 0 aromatic heterocycles. The van der Waals surface area contributed by atoms with E-state index in [0.29, 0.717) is 6.04 Å². The summed E-state index contributed by atoms with van der Waals surface area (Å²) in [6.07, 6.45) is -3.86. The van der Waals surface area contributed by atoms with Crippen LogP contribution in [0.2, 0.25) is 6.04 Å². The standard InChI is InChI=1S/C30H33NO7Si/c1-2-3-18-39(20-12-6-4-7-13-20,21-14-8-5-9-15-21)38-30-25(27(34)26(33)24(19-32)37-30)31-28(35)22-16-10-11-17-23(22)29(31)36/h4-17,24-27,30,32-34H,2-3,18-19H2,1H3/t24-,25-,26-,27-,30+/m1/s1. The second-order valence-electron chi connectivity index (χ2n) is 10.0. The van der Waals surface area contributed by atoms with Gasteiger partial charge in [0, 0.05) is 0 Å². The molecule has 0 aliphatic carbocycles. The summed E-state index contributed by atoms with van der Waals surface area (Å²) in [5, 5.41) is 34.1. The normalized spacial score (nSPS) is 25.1. The van der Waals surface area contributed by atoms with E-state index in [1.165, 1.54) is 0 Å². The average molecular weight is 548 g/mol. The molecule has 0 saturated carbocycles. The Morgan fingerprint density at radius 1 is 0.821 bits per heavy atom. The maximum absolute atomic E-state index is 13.5. The number of benzene rings is 3. The van der Waals surface area contributed by atoms with Crippen LogP contribution >= 0.6 is 0 Å². The number of hydrogen-bond donors (Lipinski definition) is 3. The first kappa shape index (κ1) is 27.4. The van der Waals surface area contributed by atoms with Crippen LogP contribution < -0.4 is 10.4 Å². The Morgan fingerprint density at radius 2 is 1.33 bits per heavy atom. The van der Waals surface area contributed by atoms with E-state index < -0.39 is 57.4 Å². The van der Waals surface area contributed by atoms with E-state index in [1.54, 1.807) is 24.3 Å². The van der Waals surface area contributed by atoms with Gasteiger partial charge in [-0.1, -0.05) is 92.6 Å². The second kappa shape index (κ2) is 11.5. The van der Waals surface area contributed by atoms with Gasteiger partial charge in [0.1, 0.15) is 24.4 Å². The fraction of sp³-hybridized carbons (Fsp3) is 0.333. The van der Waals surface area contributed by atoms with Gasteiger partial charge >= 0.3 is 0 Å². The lowest BCUT2D eigenvalue weighted by Gasteiger charge is -2.48. The molecule has 2 aliphatic heterocycles. The zero-order valence-electron chi connectivity index (χ0n) is 21.7. The Balaban J connectivity index is 1.64. The van der Waals surface area contributed by atoms with E-state index in [2.05, 4.69) is 6.92 Å². The zero-order chi connectivity index (χ0) is 27.6. The van der Waals surface area contributed by atoms with Crippen molar-refractivity contribution >= 4 is 30.5 Å². The molecule has 3 aromatic rings. The molecule has 9 heteroatoms. The van der Waals surface area contributed by atoms with Crippen molar-refractivity contribution in [3.63, 3.8) is 0 Å². The Labute approximate surface area is 228 Å². The largest absolute Gasteiger partial charge is 0.394 e. The number of unbranched alkanes of at least 4 members (excludes halogenated alkanes) is 1. The number of aliphatic hydroxyl groups is 3. The lowest BCUT2D eigenvalue weighted by atomic mass is 9.96. The van der Waals surface area contributed by atoms with Gasteiger partial charge in [0.05, 0.1) is 17.7 Å². The van der Waals surface area contributed by atoms with Crippen LogP contribution in [0.15, 0.2) is 84.9 Å². The minimum Gasteiger partial charge on any atom is -0.394 e. The molecule has 8 nitrogen and oxygen atoms in total. The van der Waals surface area contributed by atoms with Crippen LogP contribution in [0.25, 0.3) is 0 Å². The van der Waals surface area contributed by atoms with Gasteiger partial charge in [-0.25, -0.2) is 0 Å². The lowest BCUT2D eigenvalue weighted by Crippen LogP contribution is -2.70. The molecule has 2 heterocycles. The molecular weight excluding hydrogens is 514 g/mol. The Bertz CT molecular complexity index is 1230. The first-order valence-corrected chi connectivity index (χ1v) is 15.4. The molecule has 0 spiro atoms. The summed E-state index contributed by atoms with van der Waals surface area (Å²) in [5.41, 5.74) is 0.431. The van der Waals surface area contributed by atoms with E-state index in [9.17, 15) is 24.9 Å². The number of imide groups is 1. The van der Waals surface area contributed by atoms with Crippen molar-refractivity contribution in [3.8, 4) is 0 Å². The highest BCUT2D eigenvalue weighted by molar-refractivity contribution is 6.97. The third-order valence-corrected chi connectivity index (χ3v) is 11.9. The van der Waals surface area contributed by atoms with Crippen molar-refractivity contribution in [2.45, 2.75) is 56.5 Å². The van der Waals surface area contributed by atoms with Gasteiger partial charge in [0.15, 0.2) is 6.29 Å². The summed E-state index contributed by atoms with van der Waals surface area (Å²) in [7, 11) is -3.12. The highest BCUT2D eigenvalue weighted by atomic mass is 28.4. The minimum atomic E-state index is -3.12. The van der Waals surface area contributed by atoms with E-state index in [0.717, 1.165) is 28.1 Å². The molecular formula is C30H33NO7Si. The monoisotopic (exact) mass is 547 g/mol. The molecule has 3 N–H and O–H groups in total. The van der Waals surface area contributed by atoms with Gasteiger partial charge in [0.25, 0.3) is 20.1 Å². The van der Waals surface area contributed by atoms with Crippen LogP contribution in [-0.2, 0) is 9.16 Å². The molecule has 2 amide bonds. The van der Waals surface area contributed by atoms with E-state index in [4.69, 9.17) is 9.16 Å². The molecule has 39 heavy (non-hydrogen) atoms. The topological polar surface area (TPSA) is 117 Å². The molecule has 0 radical (unpaired) electrons. The molecule has 0 unspecified atom stereocenters. The number of carbonyl (C=O) groups excluding carboxylic acids is 2.